The third-order valence-corrected chi connectivity index (χ3v) is 8.57. The second kappa shape index (κ2) is 9.33. The molecule has 1 saturated carbocycles. The predicted octanol–water partition coefficient (Wildman–Crippen LogP) is 4.33. The Labute approximate surface area is 178 Å². The molecule has 0 aromatic heterocycles. The Morgan fingerprint density at radius 1 is 1.07 bits per heavy atom. The monoisotopic (exact) mass is 446 g/mol. The molecule has 5 nitrogen and oxygen atoms in total. The maximum Gasteiger partial charge on any atom is 0.225 e. The molecular weight excluding hydrogens is 419 g/mol. The number of rotatable bonds is 5. The maximum atomic E-state index is 12.9. The first-order valence-electron chi connectivity index (χ1n) is 9.97. The van der Waals surface area contributed by atoms with Crippen LogP contribution in [0, 0.1) is 5.92 Å². The lowest BCUT2D eigenvalue weighted by molar-refractivity contribution is -0.138. The van der Waals surface area contributed by atoms with Gasteiger partial charge in [-0.15, -0.1) is 0 Å². The van der Waals surface area contributed by atoms with E-state index in [0.717, 1.165) is 12.8 Å². The van der Waals surface area contributed by atoms with Gasteiger partial charge in [0.25, 0.3) is 0 Å². The average Bonchev–Trinajstić information content (AvgIpc) is 2.70. The highest BCUT2D eigenvalue weighted by atomic mass is 35.5. The fourth-order valence-corrected chi connectivity index (χ4v) is 6.58. The fourth-order valence-electron chi connectivity index (χ4n) is 4.26. The van der Waals surface area contributed by atoms with Gasteiger partial charge >= 0.3 is 0 Å². The van der Waals surface area contributed by atoms with Gasteiger partial charge in [-0.1, -0.05) is 48.5 Å². The molecule has 1 aliphatic carbocycles. The summed E-state index contributed by atoms with van der Waals surface area (Å²) in [6, 6.07) is 5.32. The van der Waals surface area contributed by atoms with Crippen molar-refractivity contribution < 1.29 is 13.2 Å². The molecule has 0 N–H and O–H groups in total. The smallest absolute Gasteiger partial charge is 0.225 e. The lowest BCUT2D eigenvalue weighted by Crippen LogP contribution is -2.46. The van der Waals surface area contributed by atoms with Gasteiger partial charge in [-0.05, 0) is 37.8 Å². The first-order chi connectivity index (χ1) is 13.3. The van der Waals surface area contributed by atoms with Crippen LogP contribution in [0.4, 0.5) is 0 Å². The van der Waals surface area contributed by atoms with E-state index in [1.54, 1.807) is 18.2 Å². The summed E-state index contributed by atoms with van der Waals surface area (Å²) in [5.41, 5.74) is 0.432. The lowest BCUT2D eigenvalue weighted by atomic mass is 9.91. The normalized spacial score (nSPS) is 20.2. The Hall–Kier alpha value is -0.820. The van der Waals surface area contributed by atoms with Crippen LogP contribution in [0.1, 0.15) is 50.5 Å². The number of benzene rings is 1. The van der Waals surface area contributed by atoms with Gasteiger partial charge in [0.05, 0.1) is 5.75 Å². The Kier molecular flexibility index (Phi) is 7.29. The van der Waals surface area contributed by atoms with Crippen LogP contribution < -0.4 is 0 Å². The molecule has 1 saturated heterocycles. The van der Waals surface area contributed by atoms with Crippen LogP contribution in [-0.4, -0.2) is 49.7 Å². The number of halogens is 2. The van der Waals surface area contributed by atoms with Gasteiger partial charge < -0.3 is 4.90 Å². The molecule has 3 rings (SSSR count). The third kappa shape index (κ3) is 5.02. The van der Waals surface area contributed by atoms with E-state index in [1.165, 1.54) is 23.6 Å². The Morgan fingerprint density at radius 3 is 2.21 bits per heavy atom. The molecule has 2 fully saturated rings. The van der Waals surface area contributed by atoms with Crippen LogP contribution in [0.25, 0.3) is 0 Å². The number of amides is 1. The molecule has 0 unspecified atom stereocenters. The molecule has 156 valence electrons. The Morgan fingerprint density at radius 2 is 1.64 bits per heavy atom. The number of hydrogen-bond donors (Lipinski definition) is 0. The minimum atomic E-state index is -3.53. The van der Waals surface area contributed by atoms with Gasteiger partial charge in [0.1, 0.15) is 0 Å². The van der Waals surface area contributed by atoms with Gasteiger partial charge in [0, 0.05) is 47.7 Å². The summed E-state index contributed by atoms with van der Waals surface area (Å²) in [5.74, 6) is -0.146. The Bertz CT molecular complexity index is 781. The number of piperidine rings is 1. The minimum absolute atomic E-state index is 0.0951. The quantitative estimate of drug-likeness (QED) is 0.675. The van der Waals surface area contributed by atoms with Gasteiger partial charge in [-0.3, -0.25) is 4.79 Å². The first-order valence-corrected chi connectivity index (χ1v) is 12.3. The highest BCUT2D eigenvalue weighted by molar-refractivity contribution is 7.88. The molecular formula is C20H28Cl2N2O3S. The summed E-state index contributed by atoms with van der Waals surface area (Å²) in [6.45, 7) is 0.721. The topological polar surface area (TPSA) is 57.7 Å². The van der Waals surface area contributed by atoms with E-state index in [2.05, 4.69) is 0 Å². The molecule has 1 aromatic rings. The van der Waals surface area contributed by atoms with Crippen LogP contribution in [0.5, 0.6) is 0 Å². The van der Waals surface area contributed by atoms with Crippen LogP contribution in [0.3, 0.4) is 0 Å². The number of hydrogen-bond acceptors (Lipinski definition) is 3. The SMILES string of the molecule is CN(C(=O)C1CCN(S(=O)(=O)Cc2c(Cl)cccc2Cl)CC1)C1CCCCC1. The van der Waals surface area contributed by atoms with Crippen molar-refractivity contribution >= 4 is 39.1 Å². The number of sulfonamides is 1. The van der Waals surface area contributed by atoms with Crippen LogP contribution in [0.15, 0.2) is 18.2 Å². The van der Waals surface area contributed by atoms with Gasteiger partial charge in [-0.2, -0.15) is 0 Å². The van der Waals surface area contributed by atoms with Crippen molar-refractivity contribution in [2.75, 3.05) is 20.1 Å². The van der Waals surface area contributed by atoms with E-state index < -0.39 is 10.0 Å². The standard InChI is InChI=1S/C20H28Cl2N2O3S/c1-23(16-6-3-2-4-7-16)20(25)15-10-12-24(13-11-15)28(26,27)14-17-18(21)8-5-9-19(17)22/h5,8-9,15-16H,2-4,6-7,10-14H2,1H3. The number of nitrogens with zero attached hydrogens (tertiary/aromatic N) is 2. The molecule has 2 aliphatic rings. The molecule has 1 amide bonds. The summed E-state index contributed by atoms with van der Waals surface area (Å²) in [7, 11) is -1.63. The summed E-state index contributed by atoms with van der Waals surface area (Å²) in [5, 5.41) is 0.713. The second-order valence-corrected chi connectivity index (χ2v) is 10.7. The van der Waals surface area contributed by atoms with Crippen molar-refractivity contribution in [1.29, 1.82) is 0 Å². The maximum absolute atomic E-state index is 12.9. The van der Waals surface area contributed by atoms with Crippen LogP contribution in [-0.2, 0) is 20.6 Å². The molecule has 1 heterocycles. The summed E-state index contributed by atoms with van der Waals surface area (Å²) in [4.78, 5) is 14.8. The van der Waals surface area contributed by atoms with Crippen LogP contribution in [0.2, 0.25) is 10.0 Å². The van der Waals surface area contributed by atoms with Crippen LogP contribution >= 0.6 is 23.2 Å². The van der Waals surface area contributed by atoms with Crippen molar-refractivity contribution in [3.05, 3.63) is 33.8 Å². The van der Waals surface area contributed by atoms with Crippen molar-refractivity contribution in [2.45, 2.75) is 56.7 Å². The van der Waals surface area contributed by atoms with Crippen molar-refractivity contribution in [3.8, 4) is 0 Å². The van der Waals surface area contributed by atoms with E-state index in [0.29, 0.717) is 47.6 Å². The van der Waals surface area contributed by atoms with E-state index in [-0.39, 0.29) is 17.6 Å². The highest BCUT2D eigenvalue weighted by Crippen LogP contribution is 2.30. The van der Waals surface area contributed by atoms with Crippen molar-refractivity contribution in [2.24, 2.45) is 5.92 Å². The lowest BCUT2D eigenvalue weighted by Gasteiger charge is -2.36. The zero-order chi connectivity index (χ0) is 20.3. The highest BCUT2D eigenvalue weighted by Gasteiger charge is 2.34. The summed E-state index contributed by atoms with van der Waals surface area (Å²) < 4.78 is 27.1. The summed E-state index contributed by atoms with van der Waals surface area (Å²) in [6.07, 6.45) is 6.90. The van der Waals surface area contributed by atoms with E-state index in [9.17, 15) is 13.2 Å². The molecule has 28 heavy (non-hydrogen) atoms. The molecule has 0 spiro atoms. The summed E-state index contributed by atoms with van der Waals surface area (Å²) >= 11 is 12.3. The number of carbonyl (C=O) groups is 1. The minimum Gasteiger partial charge on any atom is -0.343 e. The third-order valence-electron chi connectivity index (χ3n) is 6.06. The second-order valence-electron chi connectivity index (χ2n) is 7.87. The molecule has 0 radical (unpaired) electrons. The average molecular weight is 447 g/mol. The predicted molar refractivity (Wildman–Crippen MR) is 113 cm³/mol. The Balaban J connectivity index is 1.59. The van der Waals surface area contributed by atoms with E-state index in [1.807, 2.05) is 11.9 Å². The molecule has 1 aromatic carbocycles. The molecule has 8 heteroatoms. The molecule has 0 bridgehead atoms. The van der Waals surface area contributed by atoms with Crippen molar-refractivity contribution in [1.82, 2.24) is 9.21 Å². The largest absolute Gasteiger partial charge is 0.343 e. The van der Waals surface area contributed by atoms with Gasteiger partial charge in [0.15, 0.2) is 0 Å². The van der Waals surface area contributed by atoms with Crippen molar-refractivity contribution in [3.63, 3.8) is 0 Å². The first kappa shape index (κ1) is 21.9. The van der Waals surface area contributed by atoms with E-state index in [4.69, 9.17) is 23.2 Å². The molecule has 0 atom stereocenters. The van der Waals surface area contributed by atoms with Gasteiger partial charge in [0.2, 0.25) is 15.9 Å². The fraction of sp³-hybridized carbons (Fsp3) is 0.650. The zero-order valence-corrected chi connectivity index (χ0v) is 18.6. The van der Waals surface area contributed by atoms with E-state index >= 15 is 0 Å². The molecule has 1 aliphatic heterocycles. The van der Waals surface area contributed by atoms with Gasteiger partial charge in [-0.25, -0.2) is 12.7 Å². The zero-order valence-electron chi connectivity index (χ0n) is 16.2. The number of carbonyl (C=O) groups excluding carboxylic acids is 1.